The summed E-state index contributed by atoms with van der Waals surface area (Å²) in [5.74, 6) is -0.603. The van der Waals surface area contributed by atoms with E-state index in [0.717, 1.165) is 16.8 Å². The number of fused-ring (bicyclic) bond motifs is 1. The summed E-state index contributed by atoms with van der Waals surface area (Å²) in [5.41, 5.74) is 3.61. The molecule has 1 N–H and O–H groups in total. The number of benzene rings is 2. The van der Waals surface area contributed by atoms with Gasteiger partial charge in [0.15, 0.2) is 5.65 Å². The van der Waals surface area contributed by atoms with Crippen LogP contribution in [0.25, 0.3) is 28.0 Å². The van der Waals surface area contributed by atoms with Crippen LogP contribution >= 0.6 is 11.6 Å². The molecule has 4 aromatic rings. The average molecular weight is 535 g/mol. The van der Waals surface area contributed by atoms with Crippen LogP contribution in [0.5, 0.6) is 0 Å². The van der Waals surface area contributed by atoms with Gasteiger partial charge in [0.2, 0.25) is 0 Å². The minimum Gasteiger partial charge on any atom is -0.465 e. The van der Waals surface area contributed by atoms with Gasteiger partial charge in [-0.15, -0.1) is 0 Å². The maximum Gasteiger partial charge on any atom is 0.407 e. The van der Waals surface area contributed by atoms with E-state index in [0.29, 0.717) is 55.5 Å². The van der Waals surface area contributed by atoms with Gasteiger partial charge in [-0.2, -0.15) is 4.98 Å². The maximum absolute atomic E-state index is 14.8. The Morgan fingerprint density at radius 2 is 1.71 bits per heavy atom. The molecule has 2 aromatic heterocycles. The summed E-state index contributed by atoms with van der Waals surface area (Å²) in [5, 5.41) is 10.2. The highest BCUT2D eigenvalue weighted by molar-refractivity contribution is 6.33. The van der Waals surface area contributed by atoms with Crippen LogP contribution in [0.1, 0.15) is 49.4 Å². The quantitative estimate of drug-likeness (QED) is 0.328. The predicted molar refractivity (Wildman–Crippen MR) is 146 cm³/mol. The molecule has 0 radical (unpaired) electrons. The van der Waals surface area contributed by atoms with E-state index >= 15 is 0 Å². The van der Waals surface area contributed by atoms with Crippen LogP contribution in [0.2, 0.25) is 5.02 Å². The maximum atomic E-state index is 14.8. The molecular formula is C29H28ClFN4O3. The number of piperidine rings is 1. The fraction of sp³-hybridized carbons (Fsp3) is 0.310. The number of rotatable bonds is 5. The number of carbonyl (C=O) groups is 1. The molecule has 0 unspecified atom stereocenters. The molecule has 0 aliphatic carbocycles. The zero-order valence-electron chi connectivity index (χ0n) is 21.2. The Morgan fingerprint density at radius 1 is 1.05 bits per heavy atom. The van der Waals surface area contributed by atoms with Gasteiger partial charge in [-0.1, -0.05) is 55.8 Å². The van der Waals surface area contributed by atoms with Gasteiger partial charge in [0.1, 0.15) is 5.82 Å². The molecule has 5 rings (SSSR count). The number of likely N-dealkylation sites (tertiary alicyclic amines) is 1. The molecule has 0 saturated carbocycles. The Hall–Kier alpha value is -3.78. The van der Waals surface area contributed by atoms with E-state index in [1.54, 1.807) is 24.3 Å². The van der Waals surface area contributed by atoms with Crippen LogP contribution in [0.15, 0.2) is 53.3 Å². The second kappa shape index (κ2) is 10.5. The fourth-order valence-corrected chi connectivity index (χ4v) is 5.60. The third-order valence-electron chi connectivity index (χ3n) is 7.32. The molecule has 7 nitrogen and oxygen atoms in total. The Balaban J connectivity index is 1.82. The number of carboxylic acid groups (broad SMARTS) is 1. The van der Waals surface area contributed by atoms with Crippen molar-refractivity contribution < 1.29 is 14.3 Å². The van der Waals surface area contributed by atoms with Gasteiger partial charge in [-0.25, -0.2) is 23.5 Å². The number of para-hydroxylation sites is 1. The summed E-state index contributed by atoms with van der Waals surface area (Å²) >= 11 is 6.71. The molecule has 38 heavy (non-hydrogen) atoms. The first-order valence-corrected chi connectivity index (χ1v) is 13.2. The first-order valence-electron chi connectivity index (χ1n) is 12.8. The fourth-order valence-electron chi connectivity index (χ4n) is 5.34. The van der Waals surface area contributed by atoms with Gasteiger partial charge in [0, 0.05) is 30.0 Å². The summed E-state index contributed by atoms with van der Waals surface area (Å²) in [6.45, 7) is 4.75. The first-order chi connectivity index (χ1) is 18.3. The van der Waals surface area contributed by atoms with Crippen molar-refractivity contribution in [3.05, 3.63) is 86.7 Å². The summed E-state index contributed by atoms with van der Waals surface area (Å²) < 4.78 is 16.4. The SMILES string of the molecule is CCc1cccc(CC)c1-n1c(=O)nc(C2CCN(C(=O)O)CC2)c2cc(Cl)c(-c3ccccc3F)nc21. The van der Waals surface area contributed by atoms with E-state index in [1.165, 1.54) is 15.5 Å². The van der Waals surface area contributed by atoms with Crippen LogP contribution < -0.4 is 5.69 Å². The highest BCUT2D eigenvalue weighted by Gasteiger charge is 2.29. The number of halogens is 2. The number of hydrogen-bond acceptors (Lipinski definition) is 4. The largest absolute Gasteiger partial charge is 0.465 e. The molecule has 1 amide bonds. The van der Waals surface area contributed by atoms with Crippen LogP contribution in [0.3, 0.4) is 0 Å². The zero-order chi connectivity index (χ0) is 27.0. The topological polar surface area (TPSA) is 88.3 Å². The Bertz CT molecular complexity index is 1570. The monoisotopic (exact) mass is 534 g/mol. The Morgan fingerprint density at radius 3 is 2.32 bits per heavy atom. The smallest absolute Gasteiger partial charge is 0.407 e. The van der Waals surface area contributed by atoms with Crippen molar-refractivity contribution >= 4 is 28.7 Å². The van der Waals surface area contributed by atoms with E-state index in [1.807, 2.05) is 32.0 Å². The third kappa shape index (κ3) is 4.53. The number of aromatic nitrogens is 3. The lowest BCUT2D eigenvalue weighted by Gasteiger charge is -2.30. The lowest BCUT2D eigenvalue weighted by Crippen LogP contribution is -2.37. The van der Waals surface area contributed by atoms with E-state index in [2.05, 4.69) is 4.98 Å². The summed E-state index contributed by atoms with van der Waals surface area (Å²) in [6, 6.07) is 13.9. The molecule has 0 bridgehead atoms. The Labute approximate surface area is 224 Å². The van der Waals surface area contributed by atoms with Crippen molar-refractivity contribution in [1.29, 1.82) is 0 Å². The van der Waals surface area contributed by atoms with Gasteiger partial charge in [0.25, 0.3) is 0 Å². The van der Waals surface area contributed by atoms with E-state index in [9.17, 15) is 19.1 Å². The summed E-state index contributed by atoms with van der Waals surface area (Å²) in [4.78, 5) is 36.0. The lowest BCUT2D eigenvalue weighted by molar-refractivity contribution is 0.132. The second-order valence-corrected chi connectivity index (χ2v) is 9.87. The lowest BCUT2D eigenvalue weighted by atomic mass is 9.91. The molecule has 1 aliphatic rings. The van der Waals surface area contributed by atoms with Crippen LogP contribution in [0, 0.1) is 5.82 Å². The molecule has 1 aliphatic heterocycles. The molecule has 9 heteroatoms. The number of nitrogens with zero attached hydrogens (tertiary/aromatic N) is 4. The van der Waals surface area contributed by atoms with Crippen molar-refractivity contribution in [3.8, 4) is 16.9 Å². The molecular weight excluding hydrogens is 507 g/mol. The van der Waals surface area contributed by atoms with Crippen molar-refractivity contribution in [1.82, 2.24) is 19.4 Å². The van der Waals surface area contributed by atoms with E-state index in [4.69, 9.17) is 16.6 Å². The number of aryl methyl sites for hydroxylation is 2. The Kier molecular flexibility index (Phi) is 7.17. The van der Waals surface area contributed by atoms with Crippen molar-refractivity contribution in [3.63, 3.8) is 0 Å². The minimum absolute atomic E-state index is 0.139. The predicted octanol–water partition coefficient (Wildman–Crippen LogP) is 6.22. The van der Waals surface area contributed by atoms with Crippen molar-refractivity contribution in [2.24, 2.45) is 0 Å². The summed E-state index contributed by atoms with van der Waals surface area (Å²) in [7, 11) is 0. The van der Waals surface area contributed by atoms with Gasteiger partial charge in [0.05, 0.1) is 22.1 Å². The molecule has 196 valence electrons. The van der Waals surface area contributed by atoms with E-state index in [-0.39, 0.29) is 22.2 Å². The molecule has 1 saturated heterocycles. The highest BCUT2D eigenvalue weighted by Crippen LogP contribution is 2.36. The number of pyridine rings is 1. The molecule has 1 fully saturated rings. The first kappa shape index (κ1) is 25.9. The normalized spacial score (nSPS) is 14.3. The highest BCUT2D eigenvalue weighted by atomic mass is 35.5. The second-order valence-electron chi connectivity index (χ2n) is 9.46. The number of hydrogen-bond donors (Lipinski definition) is 1. The van der Waals surface area contributed by atoms with Crippen molar-refractivity contribution in [2.45, 2.75) is 45.4 Å². The summed E-state index contributed by atoms with van der Waals surface area (Å²) in [6.07, 6.45) is 1.48. The van der Waals surface area contributed by atoms with Gasteiger partial charge >= 0.3 is 11.8 Å². The molecule has 2 aromatic carbocycles. The standard InChI is InChI=1S/C29H28ClFN4O3/c1-3-17-8-7-9-18(4-2)26(17)35-27-21(16-22(30)25(32-27)20-10-5-6-11-23(20)31)24(33-28(35)36)19-12-14-34(15-13-19)29(37)38/h5-11,16,19H,3-4,12-15H2,1-2H3,(H,37,38). The average Bonchev–Trinajstić information content (AvgIpc) is 2.92. The van der Waals surface area contributed by atoms with Gasteiger partial charge < -0.3 is 10.0 Å². The van der Waals surface area contributed by atoms with Crippen LogP contribution in [0.4, 0.5) is 9.18 Å². The molecule has 0 spiro atoms. The third-order valence-corrected chi connectivity index (χ3v) is 7.61. The van der Waals surface area contributed by atoms with Crippen molar-refractivity contribution in [2.75, 3.05) is 13.1 Å². The van der Waals surface area contributed by atoms with Gasteiger partial charge in [-0.3, -0.25) is 0 Å². The minimum atomic E-state index is -0.959. The molecule has 0 atom stereocenters. The van der Waals surface area contributed by atoms with E-state index < -0.39 is 17.6 Å². The number of amides is 1. The van der Waals surface area contributed by atoms with Gasteiger partial charge in [-0.05, 0) is 55.0 Å². The van der Waals surface area contributed by atoms with Crippen LogP contribution in [-0.4, -0.2) is 43.7 Å². The van der Waals surface area contributed by atoms with Crippen LogP contribution in [-0.2, 0) is 12.8 Å². The zero-order valence-corrected chi connectivity index (χ0v) is 22.0. The molecule has 3 heterocycles.